The van der Waals surface area contributed by atoms with Crippen LogP contribution in [0.2, 0.25) is 0 Å². The Bertz CT molecular complexity index is 691. The van der Waals surface area contributed by atoms with Crippen LogP contribution in [0.5, 0.6) is 0 Å². The standard InChI is InChI=1S/C20H33N2O8P/c1-27-11-19(17(23)15-3-7-21(19)8-4-15)13-29-31(25,26)30-14-20(12-28-2)18(24)16-5-9-22(20)10-6-16/h15-16H,3-14H2,1-2H3,(H,25,26)/t19-,20-/m1/s1. The van der Waals surface area contributed by atoms with E-state index < -0.39 is 18.9 Å². The van der Waals surface area contributed by atoms with E-state index in [9.17, 15) is 19.0 Å². The van der Waals surface area contributed by atoms with E-state index in [1.165, 1.54) is 14.2 Å². The van der Waals surface area contributed by atoms with Gasteiger partial charge in [-0.3, -0.25) is 28.4 Å². The van der Waals surface area contributed by atoms with Crippen LogP contribution in [0.25, 0.3) is 0 Å². The third-order valence-corrected chi connectivity index (χ3v) is 8.47. The largest absolute Gasteiger partial charge is 0.472 e. The lowest BCUT2D eigenvalue weighted by Gasteiger charge is -2.52. The SMILES string of the molecule is COC[C@@]1(COP(=O)(O)OC[C@]2(COC)C(=O)C3CCN2CC3)C(=O)C2CCN1CC2. The Labute approximate surface area is 182 Å². The Morgan fingerprint density at radius 2 is 1.16 bits per heavy atom. The molecule has 0 aliphatic carbocycles. The minimum Gasteiger partial charge on any atom is -0.382 e. The summed E-state index contributed by atoms with van der Waals surface area (Å²) >= 11 is 0. The van der Waals surface area contributed by atoms with Crippen LogP contribution in [0.3, 0.4) is 0 Å². The van der Waals surface area contributed by atoms with Gasteiger partial charge >= 0.3 is 7.82 Å². The van der Waals surface area contributed by atoms with Crippen molar-refractivity contribution < 1.29 is 37.6 Å². The number of hydrogen-bond donors (Lipinski definition) is 1. The third-order valence-electron chi connectivity index (χ3n) is 7.56. The van der Waals surface area contributed by atoms with E-state index in [1.54, 1.807) is 0 Å². The number of Topliss-reactive ketones (excluding diaryl/α,β-unsaturated/α-hetero) is 2. The molecule has 0 aromatic rings. The maximum atomic E-state index is 13.0. The van der Waals surface area contributed by atoms with E-state index in [4.69, 9.17) is 18.5 Å². The average molecular weight is 460 g/mol. The second-order valence-electron chi connectivity index (χ2n) is 9.20. The Balaban J connectivity index is 1.44. The summed E-state index contributed by atoms with van der Waals surface area (Å²) in [6, 6.07) is 0. The van der Waals surface area contributed by atoms with Crippen LogP contribution < -0.4 is 0 Å². The number of ketones is 2. The van der Waals surface area contributed by atoms with Gasteiger partial charge in [0.1, 0.15) is 11.1 Å². The zero-order valence-electron chi connectivity index (χ0n) is 18.3. The second kappa shape index (κ2) is 8.91. The fourth-order valence-electron chi connectivity index (χ4n) is 5.84. The lowest BCUT2D eigenvalue weighted by Crippen LogP contribution is -2.69. The Hall–Kier alpha value is -0.710. The van der Waals surface area contributed by atoms with Crippen molar-refractivity contribution in [3.05, 3.63) is 0 Å². The molecule has 4 bridgehead atoms. The van der Waals surface area contributed by atoms with Crippen molar-refractivity contribution in [1.82, 2.24) is 9.80 Å². The first-order valence-corrected chi connectivity index (χ1v) is 12.5. The van der Waals surface area contributed by atoms with Crippen molar-refractivity contribution >= 4 is 19.4 Å². The molecule has 176 valence electrons. The first kappa shape index (κ1) is 23.4. The first-order chi connectivity index (χ1) is 14.8. The van der Waals surface area contributed by atoms with Crippen LogP contribution >= 0.6 is 7.82 Å². The quantitative estimate of drug-likeness (QED) is 0.462. The molecule has 0 aromatic heterocycles. The van der Waals surface area contributed by atoms with E-state index in [0.29, 0.717) is 0 Å². The van der Waals surface area contributed by atoms with Crippen molar-refractivity contribution in [1.29, 1.82) is 0 Å². The van der Waals surface area contributed by atoms with E-state index in [1.807, 2.05) is 9.80 Å². The van der Waals surface area contributed by atoms with Gasteiger partial charge in [-0.2, -0.15) is 0 Å². The zero-order chi connectivity index (χ0) is 22.3. The Morgan fingerprint density at radius 1 is 0.806 bits per heavy atom. The zero-order valence-corrected chi connectivity index (χ0v) is 19.2. The van der Waals surface area contributed by atoms with Crippen LogP contribution in [0.15, 0.2) is 0 Å². The molecule has 0 spiro atoms. The molecule has 6 saturated heterocycles. The number of ether oxygens (including phenoxy) is 2. The summed E-state index contributed by atoms with van der Waals surface area (Å²) in [6.07, 6.45) is 3.15. The monoisotopic (exact) mass is 460 g/mol. The molecule has 6 rings (SSSR count). The normalized spacial score (nSPS) is 41.5. The van der Waals surface area contributed by atoms with Crippen molar-refractivity contribution in [2.75, 3.05) is 66.8 Å². The number of methoxy groups -OCH3 is 2. The third kappa shape index (κ3) is 4.06. The van der Waals surface area contributed by atoms with Crippen LogP contribution in [0.4, 0.5) is 0 Å². The molecule has 0 radical (unpaired) electrons. The molecule has 0 aromatic carbocycles. The van der Waals surface area contributed by atoms with Crippen molar-refractivity contribution in [2.24, 2.45) is 11.8 Å². The molecule has 0 unspecified atom stereocenters. The van der Waals surface area contributed by atoms with Crippen LogP contribution in [0, 0.1) is 11.8 Å². The van der Waals surface area contributed by atoms with Gasteiger partial charge in [-0.15, -0.1) is 0 Å². The van der Waals surface area contributed by atoms with E-state index in [2.05, 4.69) is 0 Å². The van der Waals surface area contributed by atoms with Gasteiger partial charge < -0.3 is 14.4 Å². The number of fused-ring (bicyclic) bond motifs is 6. The van der Waals surface area contributed by atoms with Crippen LogP contribution in [-0.4, -0.2) is 104 Å². The molecular formula is C20H33N2O8P. The number of phosphoric acid groups is 1. The average Bonchev–Trinajstić information content (AvgIpc) is 2.78. The van der Waals surface area contributed by atoms with Gasteiger partial charge in [-0.1, -0.05) is 0 Å². The highest BCUT2D eigenvalue weighted by Crippen LogP contribution is 2.48. The van der Waals surface area contributed by atoms with E-state index in [0.717, 1.165) is 51.9 Å². The van der Waals surface area contributed by atoms with Gasteiger partial charge in [0.2, 0.25) is 0 Å². The summed E-state index contributed by atoms with van der Waals surface area (Å²) < 4.78 is 34.1. The summed E-state index contributed by atoms with van der Waals surface area (Å²) in [7, 11) is -1.52. The number of carbonyl (C=O) groups is 2. The molecular weight excluding hydrogens is 427 g/mol. The van der Waals surface area contributed by atoms with E-state index >= 15 is 0 Å². The van der Waals surface area contributed by atoms with Gasteiger partial charge in [0.05, 0.1) is 26.4 Å². The number of rotatable bonds is 10. The number of hydrogen-bond acceptors (Lipinski definition) is 9. The lowest BCUT2D eigenvalue weighted by molar-refractivity contribution is -0.159. The van der Waals surface area contributed by atoms with Gasteiger partial charge in [0.15, 0.2) is 11.6 Å². The fourth-order valence-corrected chi connectivity index (χ4v) is 6.66. The summed E-state index contributed by atoms with van der Waals surface area (Å²) in [5, 5.41) is 0. The minimum atomic E-state index is -4.52. The highest BCUT2D eigenvalue weighted by molar-refractivity contribution is 7.47. The number of piperidine rings is 6. The van der Waals surface area contributed by atoms with Crippen molar-refractivity contribution in [2.45, 2.75) is 36.8 Å². The predicted octanol–water partition coefficient (Wildman–Crippen LogP) is 0.480. The molecule has 11 heteroatoms. The van der Waals surface area contributed by atoms with Crippen LogP contribution in [-0.2, 0) is 32.7 Å². The highest BCUT2D eigenvalue weighted by atomic mass is 31.2. The predicted molar refractivity (Wildman–Crippen MR) is 110 cm³/mol. The highest BCUT2D eigenvalue weighted by Gasteiger charge is 2.56. The summed E-state index contributed by atoms with van der Waals surface area (Å²) in [4.78, 5) is 40.4. The molecule has 6 heterocycles. The van der Waals surface area contributed by atoms with Crippen molar-refractivity contribution in [3.8, 4) is 0 Å². The van der Waals surface area contributed by atoms with E-state index in [-0.39, 0.29) is 49.8 Å². The van der Waals surface area contributed by atoms with Crippen molar-refractivity contribution in [3.63, 3.8) is 0 Å². The summed E-state index contributed by atoms with van der Waals surface area (Å²) in [5.41, 5.74) is -2.16. The number of carbonyl (C=O) groups excluding carboxylic acids is 2. The molecule has 0 saturated carbocycles. The topological polar surface area (TPSA) is 115 Å². The first-order valence-electron chi connectivity index (χ1n) is 11.0. The molecule has 1 N–H and O–H groups in total. The number of nitrogens with zero attached hydrogens (tertiary/aromatic N) is 2. The second-order valence-corrected chi connectivity index (χ2v) is 10.6. The van der Waals surface area contributed by atoms with Gasteiger partial charge in [-0.05, 0) is 51.9 Å². The van der Waals surface area contributed by atoms with Gasteiger partial charge in [-0.25, -0.2) is 4.57 Å². The Kier molecular flexibility index (Phi) is 6.74. The molecule has 31 heavy (non-hydrogen) atoms. The molecule has 2 atom stereocenters. The fraction of sp³-hybridized carbons (Fsp3) is 0.900. The summed E-state index contributed by atoms with van der Waals surface area (Å²) in [6.45, 7) is 2.49. The molecule has 0 amide bonds. The molecule has 10 nitrogen and oxygen atoms in total. The molecule has 6 aliphatic heterocycles. The molecule has 6 aliphatic rings. The smallest absolute Gasteiger partial charge is 0.382 e. The maximum Gasteiger partial charge on any atom is 0.472 e. The lowest BCUT2D eigenvalue weighted by atomic mass is 9.74. The minimum absolute atomic E-state index is 0.00594. The van der Waals surface area contributed by atoms with Crippen LogP contribution in [0.1, 0.15) is 25.7 Å². The number of phosphoric ester groups is 1. The maximum absolute atomic E-state index is 13.0. The Morgan fingerprint density at radius 3 is 1.45 bits per heavy atom. The van der Waals surface area contributed by atoms with Gasteiger partial charge in [0, 0.05) is 26.1 Å². The van der Waals surface area contributed by atoms with Gasteiger partial charge in [0.25, 0.3) is 0 Å². The summed E-state index contributed by atoms with van der Waals surface area (Å²) in [5.74, 6) is -0.158. The molecule has 6 fully saturated rings.